The number of aliphatic imine (C=N–C) groups is 1. The number of benzene rings is 1. The lowest BCUT2D eigenvalue weighted by Gasteiger charge is -2.37. The predicted molar refractivity (Wildman–Crippen MR) is 130 cm³/mol. The number of hydrogen-bond donors (Lipinski definition) is 2. The number of carbonyl (C=O) groups excluding carboxylic acids is 1. The highest BCUT2D eigenvalue weighted by Crippen LogP contribution is 2.22. The van der Waals surface area contributed by atoms with E-state index in [9.17, 15) is 4.79 Å². The van der Waals surface area contributed by atoms with Gasteiger partial charge < -0.3 is 25.3 Å². The Labute approximate surface area is 189 Å². The molecule has 1 aliphatic rings. The summed E-state index contributed by atoms with van der Waals surface area (Å²) in [5, 5.41) is 9.86. The highest BCUT2D eigenvalue weighted by Gasteiger charge is 2.20. The first-order valence-electron chi connectivity index (χ1n) is 10.9. The van der Waals surface area contributed by atoms with E-state index < -0.39 is 0 Å². The van der Waals surface area contributed by atoms with Crippen LogP contribution in [0.2, 0.25) is 0 Å². The maximum atomic E-state index is 12.4. The van der Waals surface area contributed by atoms with Gasteiger partial charge in [0.25, 0.3) is 5.91 Å². The van der Waals surface area contributed by atoms with Gasteiger partial charge in [-0.2, -0.15) is 0 Å². The summed E-state index contributed by atoms with van der Waals surface area (Å²) in [5.74, 6) is 0.901. The van der Waals surface area contributed by atoms with Crippen LogP contribution in [0.15, 0.2) is 46.8 Å². The molecule has 0 radical (unpaired) electrons. The molecule has 1 amide bonds. The third kappa shape index (κ3) is 6.97. The van der Waals surface area contributed by atoms with Crippen molar-refractivity contribution < 1.29 is 4.79 Å². The number of anilines is 1. The van der Waals surface area contributed by atoms with Crippen molar-refractivity contribution in [1.82, 2.24) is 20.4 Å². The lowest BCUT2D eigenvalue weighted by molar-refractivity contribution is 0.0951. The molecule has 0 unspecified atom stereocenters. The topological polar surface area (TPSA) is 63.2 Å². The second-order valence-corrected chi connectivity index (χ2v) is 8.78. The molecule has 0 saturated carbocycles. The van der Waals surface area contributed by atoms with Crippen LogP contribution in [0.25, 0.3) is 0 Å². The minimum atomic E-state index is -0.0377. The molecule has 0 spiro atoms. The van der Waals surface area contributed by atoms with Gasteiger partial charge in [0, 0.05) is 51.4 Å². The van der Waals surface area contributed by atoms with Gasteiger partial charge in [0.2, 0.25) is 0 Å². The van der Waals surface area contributed by atoms with Crippen molar-refractivity contribution in [3.8, 4) is 0 Å². The van der Waals surface area contributed by atoms with Gasteiger partial charge in [-0.3, -0.25) is 4.79 Å². The molecular weight excluding hydrogens is 408 g/mol. The Morgan fingerprint density at radius 1 is 1.13 bits per heavy atom. The molecule has 8 heteroatoms. The van der Waals surface area contributed by atoms with Crippen LogP contribution in [0.5, 0.6) is 0 Å². The van der Waals surface area contributed by atoms with Crippen LogP contribution in [0, 0.1) is 0 Å². The molecule has 31 heavy (non-hydrogen) atoms. The first kappa shape index (κ1) is 23.1. The zero-order valence-electron chi connectivity index (χ0n) is 18.8. The van der Waals surface area contributed by atoms with Gasteiger partial charge >= 0.3 is 0 Å². The molecule has 1 saturated heterocycles. The second kappa shape index (κ2) is 11.7. The highest BCUT2D eigenvalue weighted by atomic mass is 32.1. The highest BCUT2D eigenvalue weighted by molar-refractivity contribution is 7.14. The van der Waals surface area contributed by atoms with Crippen molar-refractivity contribution in [3.63, 3.8) is 0 Å². The van der Waals surface area contributed by atoms with Crippen molar-refractivity contribution >= 4 is 28.2 Å². The summed E-state index contributed by atoms with van der Waals surface area (Å²) in [5.41, 5.74) is 1.72. The SMILES string of the molecule is CCNC(=NCc1cccc(C(=O)NCCN(C)C)c1)N1CCN(c2cccs2)CC1. The fraction of sp³-hybridized carbons (Fsp3) is 0.478. The molecule has 7 nitrogen and oxygen atoms in total. The summed E-state index contributed by atoms with van der Waals surface area (Å²) in [6, 6.07) is 12.0. The van der Waals surface area contributed by atoms with Crippen LogP contribution >= 0.6 is 11.3 Å². The van der Waals surface area contributed by atoms with Crippen LogP contribution in [-0.2, 0) is 6.54 Å². The van der Waals surface area contributed by atoms with Crippen molar-refractivity contribution in [2.24, 2.45) is 4.99 Å². The summed E-state index contributed by atoms with van der Waals surface area (Å²) in [4.78, 5) is 24.1. The quantitative estimate of drug-likeness (QED) is 0.485. The maximum absolute atomic E-state index is 12.4. The van der Waals surface area contributed by atoms with Crippen LogP contribution < -0.4 is 15.5 Å². The van der Waals surface area contributed by atoms with E-state index in [0.717, 1.165) is 50.8 Å². The van der Waals surface area contributed by atoms with E-state index in [1.165, 1.54) is 5.00 Å². The van der Waals surface area contributed by atoms with Gasteiger partial charge in [0.15, 0.2) is 5.96 Å². The number of hydrogen-bond acceptors (Lipinski definition) is 5. The lowest BCUT2D eigenvalue weighted by Crippen LogP contribution is -2.52. The normalized spacial score (nSPS) is 14.8. The molecule has 2 aromatic rings. The zero-order chi connectivity index (χ0) is 22.1. The molecule has 3 rings (SSSR count). The standard InChI is InChI=1S/C23H34N6OS/c1-4-24-23(29-14-12-28(13-15-29)21-9-6-16-31-21)26-18-19-7-5-8-20(17-19)22(30)25-10-11-27(2)3/h5-9,16-17H,4,10-15,18H2,1-3H3,(H,24,26)(H,25,30). The molecule has 1 aromatic carbocycles. The first-order valence-corrected chi connectivity index (χ1v) is 11.8. The average Bonchev–Trinajstić information content (AvgIpc) is 3.32. The first-order chi connectivity index (χ1) is 15.1. The predicted octanol–water partition coefficient (Wildman–Crippen LogP) is 2.33. The molecule has 2 heterocycles. The Balaban J connectivity index is 1.58. The van der Waals surface area contributed by atoms with Crippen molar-refractivity contribution in [1.29, 1.82) is 0 Å². The molecule has 168 valence electrons. The van der Waals surface area contributed by atoms with E-state index in [0.29, 0.717) is 18.7 Å². The van der Waals surface area contributed by atoms with Gasteiger partial charge in [-0.1, -0.05) is 12.1 Å². The largest absolute Gasteiger partial charge is 0.360 e. The Kier molecular flexibility index (Phi) is 8.73. The summed E-state index contributed by atoms with van der Waals surface area (Å²) in [7, 11) is 3.99. The van der Waals surface area contributed by atoms with Crippen LogP contribution in [-0.4, -0.2) is 81.6 Å². The molecule has 0 bridgehead atoms. The molecule has 1 aromatic heterocycles. The number of amides is 1. The number of piperazine rings is 1. The van der Waals surface area contributed by atoms with Crippen LogP contribution in [0.3, 0.4) is 0 Å². The van der Waals surface area contributed by atoms with Crippen molar-refractivity contribution in [3.05, 3.63) is 52.9 Å². The smallest absolute Gasteiger partial charge is 0.251 e. The Morgan fingerprint density at radius 3 is 2.61 bits per heavy atom. The van der Waals surface area contributed by atoms with Crippen molar-refractivity contribution in [2.45, 2.75) is 13.5 Å². The van der Waals surface area contributed by atoms with E-state index in [-0.39, 0.29) is 5.91 Å². The third-order valence-corrected chi connectivity index (χ3v) is 6.11. The number of carbonyl (C=O) groups is 1. The second-order valence-electron chi connectivity index (χ2n) is 7.86. The molecule has 1 aliphatic heterocycles. The van der Waals surface area contributed by atoms with Crippen LogP contribution in [0.1, 0.15) is 22.8 Å². The maximum Gasteiger partial charge on any atom is 0.251 e. The Morgan fingerprint density at radius 2 is 1.94 bits per heavy atom. The van der Waals surface area contributed by atoms with Gasteiger partial charge in [-0.05, 0) is 56.2 Å². The monoisotopic (exact) mass is 442 g/mol. The van der Waals surface area contributed by atoms with E-state index in [4.69, 9.17) is 4.99 Å². The van der Waals surface area contributed by atoms with E-state index in [1.54, 1.807) is 11.3 Å². The lowest BCUT2D eigenvalue weighted by atomic mass is 10.1. The number of nitrogens with zero attached hydrogens (tertiary/aromatic N) is 4. The van der Waals surface area contributed by atoms with Gasteiger partial charge in [-0.15, -0.1) is 11.3 Å². The number of guanidine groups is 1. The summed E-state index contributed by atoms with van der Waals surface area (Å²) < 4.78 is 0. The summed E-state index contributed by atoms with van der Waals surface area (Å²) in [6.07, 6.45) is 0. The molecule has 0 atom stereocenters. The molecule has 0 aliphatic carbocycles. The molecule has 2 N–H and O–H groups in total. The van der Waals surface area contributed by atoms with E-state index >= 15 is 0 Å². The Bertz CT molecular complexity index is 844. The third-order valence-electron chi connectivity index (χ3n) is 5.18. The van der Waals surface area contributed by atoms with Crippen LogP contribution in [0.4, 0.5) is 5.00 Å². The van der Waals surface area contributed by atoms with Crippen molar-refractivity contribution in [2.75, 3.05) is 64.8 Å². The molecule has 1 fully saturated rings. The fourth-order valence-corrected chi connectivity index (χ4v) is 4.27. The minimum absolute atomic E-state index is 0.0377. The summed E-state index contributed by atoms with van der Waals surface area (Å²) >= 11 is 1.79. The van der Waals surface area contributed by atoms with Gasteiger partial charge in [-0.25, -0.2) is 4.99 Å². The zero-order valence-corrected chi connectivity index (χ0v) is 19.6. The van der Waals surface area contributed by atoms with Gasteiger partial charge in [0.05, 0.1) is 11.5 Å². The number of nitrogens with one attached hydrogen (secondary N) is 2. The summed E-state index contributed by atoms with van der Waals surface area (Å²) in [6.45, 7) is 8.80. The number of thiophene rings is 1. The average molecular weight is 443 g/mol. The molecular formula is C23H34N6OS. The van der Waals surface area contributed by atoms with Gasteiger partial charge in [0.1, 0.15) is 0 Å². The van der Waals surface area contributed by atoms with E-state index in [2.05, 4.69) is 44.9 Å². The number of rotatable bonds is 8. The number of likely N-dealkylation sites (N-methyl/N-ethyl adjacent to an activating group) is 1. The van der Waals surface area contributed by atoms with E-state index in [1.807, 2.05) is 43.3 Å². The minimum Gasteiger partial charge on any atom is -0.360 e. The fourth-order valence-electron chi connectivity index (χ4n) is 3.49. The Hall–Kier alpha value is -2.58.